The SMILES string of the molecule is CC(C)(C)OC(=O)C(N)CC(CF)CF. The van der Waals surface area contributed by atoms with Gasteiger partial charge >= 0.3 is 5.97 Å². The summed E-state index contributed by atoms with van der Waals surface area (Å²) in [6.45, 7) is 3.50. The van der Waals surface area contributed by atoms with Crippen molar-refractivity contribution in [1.29, 1.82) is 0 Å². The molecule has 0 heterocycles. The highest BCUT2D eigenvalue weighted by molar-refractivity contribution is 5.75. The average molecular weight is 223 g/mol. The van der Waals surface area contributed by atoms with Crippen molar-refractivity contribution in [3.63, 3.8) is 0 Å². The molecule has 0 spiro atoms. The molecule has 0 fully saturated rings. The van der Waals surface area contributed by atoms with Gasteiger partial charge in [0.15, 0.2) is 0 Å². The van der Waals surface area contributed by atoms with Crippen LogP contribution in [-0.4, -0.2) is 31.0 Å². The fourth-order valence-corrected chi connectivity index (χ4v) is 1.00. The Hall–Kier alpha value is -0.710. The summed E-state index contributed by atoms with van der Waals surface area (Å²) in [7, 11) is 0. The predicted molar refractivity (Wildman–Crippen MR) is 53.9 cm³/mol. The lowest BCUT2D eigenvalue weighted by atomic mass is 10.0. The molecule has 0 aliphatic carbocycles. The van der Waals surface area contributed by atoms with Crippen molar-refractivity contribution in [3.8, 4) is 0 Å². The minimum absolute atomic E-state index is 0.0259. The molecule has 0 aromatic heterocycles. The van der Waals surface area contributed by atoms with E-state index in [1.807, 2.05) is 0 Å². The van der Waals surface area contributed by atoms with Crippen LogP contribution in [0.25, 0.3) is 0 Å². The molecule has 5 heteroatoms. The van der Waals surface area contributed by atoms with Crippen LogP contribution >= 0.6 is 0 Å². The fourth-order valence-electron chi connectivity index (χ4n) is 1.00. The third-order valence-electron chi connectivity index (χ3n) is 1.73. The smallest absolute Gasteiger partial charge is 0.323 e. The number of hydrogen-bond donors (Lipinski definition) is 1. The molecular weight excluding hydrogens is 204 g/mol. The highest BCUT2D eigenvalue weighted by Gasteiger charge is 2.24. The number of hydrogen-bond acceptors (Lipinski definition) is 3. The molecule has 90 valence electrons. The standard InChI is InChI=1S/C10H19F2NO2/c1-10(2,3)15-9(14)8(13)4-7(5-11)6-12/h7-8H,4-6,13H2,1-3H3. The summed E-state index contributed by atoms with van der Waals surface area (Å²) in [4.78, 5) is 11.3. The minimum atomic E-state index is -0.958. The normalized spacial score (nSPS) is 14.1. The Morgan fingerprint density at radius 3 is 2.13 bits per heavy atom. The molecule has 0 saturated heterocycles. The molecule has 1 atom stereocenters. The molecule has 0 saturated carbocycles. The van der Waals surface area contributed by atoms with Gasteiger partial charge < -0.3 is 10.5 Å². The minimum Gasteiger partial charge on any atom is -0.459 e. The fraction of sp³-hybridized carbons (Fsp3) is 0.900. The van der Waals surface area contributed by atoms with Gasteiger partial charge in [-0.3, -0.25) is 13.6 Å². The van der Waals surface area contributed by atoms with Gasteiger partial charge in [-0.05, 0) is 27.2 Å². The highest BCUT2D eigenvalue weighted by atomic mass is 19.1. The van der Waals surface area contributed by atoms with Gasteiger partial charge in [0.2, 0.25) is 0 Å². The van der Waals surface area contributed by atoms with Crippen LogP contribution in [0.1, 0.15) is 27.2 Å². The Morgan fingerprint density at radius 2 is 1.80 bits per heavy atom. The molecule has 2 N–H and O–H groups in total. The Bertz CT molecular complexity index is 200. The van der Waals surface area contributed by atoms with Gasteiger partial charge in [0.05, 0.1) is 13.3 Å². The van der Waals surface area contributed by atoms with Crippen LogP contribution in [0.3, 0.4) is 0 Å². The van der Waals surface area contributed by atoms with E-state index >= 15 is 0 Å². The monoisotopic (exact) mass is 223 g/mol. The highest BCUT2D eigenvalue weighted by Crippen LogP contribution is 2.12. The van der Waals surface area contributed by atoms with Crippen molar-refractivity contribution < 1.29 is 18.3 Å². The lowest BCUT2D eigenvalue weighted by Gasteiger charge is -2.23. The third-order valence-corrected chi connectivity index (χ3v) is 1.73. The van der Waals surface area contributed by atoms with Crippen molar-refractivity contribution in [2.75, 3.05) is 13.3 Å². The number of halogens is 2. The maximum Gasteiger partial charge on any atom is 0.323 e. The number of esters is 1. The quantitative estimate of drug-likeness (QED) is 0.720. The first-order valence-corrected chi connectivity index (χ1v) is 4.90. The van der Waals surface area contributed by atoms with Crippen LogP contribution in [0.4, 0.5) is 8.78 Å². The topological polar surface area (TPSA) is 52.3 Å². The van der Waals surface area contributed by atoms with E-state index in [9.17, 15) is 13.6 Å². The molecule has 0 bridgehead atoms. The van der Waals surface area contributed by atoms with Gasteiger partial charge in [-0.2, -0.15) is 0 Å². The number of ether oxygens (including phenoxy) is 1. The summed E-state index contributed by atoms with van der Waals surface area (Å²) < 4.78 is 29.3. The predicted octanol–water partition coefficient (Wildman–Crippen LogP) is 1.60. The summed E-state index contributed by atoms with van der Waals surface area (Å²) in [6.07, 6.45) is -0.0259. The molecule has 0 aliphatic heterocycles. The molecule has 3 nitrogen and oxygen atoms in total. The Labute approximate surface area is 89.0 Å². The van der Waals surface area contributed by atoms with Crippen LogP contribution in [0.5, 0.6) is 0 Å². The molecule has 0 radical (unpaired) electrons. The van der Waals surface area contributed by atoms with Gasteiger partial charge in [0.1, 0.15) is 11.6 Å². The van der Waals surface area contributed by atoms with Crippen LogP contribution in [0.2, 0.25) is 0 Å². The maximum absolute atomic E-state index is 12.2. The second kappa shape index (κ2) is 6.00. The summed E-state index contributed by atoms with van der Waals surface area (Å²) in [5, 5.41) is 0. The van der Waals surface area contributed by atoms with Crippen molar-refractivity contribution in [1.82, 2.24) is 0 Å². The maximum atomic E-state index is 12.2. The molecule has 15 heavy (non-hydrogen) atoms. The van der Waals surface area contributed by atoms with Crippen LogP contribution in [0.15, 0.2) is 0 Å². The van der Waals surface area contributed by atoms with Crippen LogP contribution in [0, 0.1) is 5.92 Å². The Kier molecular flexibility index (Phi) is 5.72. The molecular formula is C10H19F2NO2. The van der Waals surface area contributed by atoms with E-state index in [1.54, 1.807) is 20.8 Å². The lowest BCUT2D eigenvalue weighted by molar-refractivity contribution is -0.156. The largest absolute Gasteiger partial charge is 0.459 e. The first kappa shape index (κ1) is 14.3. The molecule has 0 rings (SSSR count). The number of nitrogens with two attached hydrogens (primary N) is 1. The Morgan fingerprint density at radius 1 is 1.33 bits per heavy atom. The van der Waals surface area contributed by atoms with Crippen molar-refractivity contribution >= 4 is 5.97 Å². The van der Waals surface area contributed by atoms with Gasteiger partial charge in [0, 0.05) is 5.92 Å². The number of carbonyl (C=O) groups is 1. The summed E-state index contributed by atoms with van der Waals surface area (Å²) in [5.74, 6) is -1.43. The van der Waals surface area contributed by atoms with E-state index in [0.717, 1.165) is 0 Å². The van der Waals surface area contributed by atoms with E-state index in [-0.39, 0.29) is 6.42 Å². The summed E-state index contributed by atoms with van der Waals surface area (Å²) >= 11 is 0. The Balaban J connectivity index is 4.09. The van der Waals surface area contributed by atoms with Gasteiger partial charge in [-0.1, -0.05) is 0 Å². The van der Waals surface area contributed by atoms with E-state index in [2.05, 4.69) is 0 Å². The zero-order chi connectivity index (χ0) is 12.1. The molecule has 1 unspecified atom stereocenters. The van der Waals surface area contributed by atoms with Crippen molar-refractivity contribution in [2.24, 2.45) is 11.7 Å². The van der Waals surface area contributed by atoms with Gasteiger partial charge in [-0.25, -0.2) is 0 Å². The van der Waals surface area contributed by atoms with Crippen LogP contribution in [-0.2, 0) is 9.53 Å². The van der Waals surface area contributed by atoms with Crippen molar-refractivity contribution in [3.05, 3.63) is 0 Å². The van der Waals surface area contributed by atoms with Gasteiger partial charge in [0.25, 0.3) is 0 Å². The lowest BCUT2D eigenvalue weighted by Crippen LogP contribution is -2.39. The average Bonchev–Trinajstić information content (AvgIpc) is 2.10. The molecule has 0 aromatic carbocycles. The molecule has 0 aliphatic rings. The summed E-state index contributed by atoms with van der Waals surface area (Å²) in [6, 6.07) is -0.958. The number of carbonyl (C=O) groups excluding carboxylic acids is 1. The molecule has 0 aromatic rings. The zero-order valence-corrected chi connectivity index (χ0v) is 9.43. The third kappa shape index (κ3) is 6.38. The van der Waals surface area contributed by atoms with E-state index < -0.39 is 36.9 Å². The molecule has 0 amide bonds. The van der Waals surface area contributed by atoms with E-state index in [4.69, 9.17) is 10.5 Å². The number of alkyl halides is 2. The zero-order valence-electron chi connectivity index (χ0n) is 9.43. The van der Waals surface area contributed by atoms with Crippen molar-refractivity contribution in [2.45, 2.75) is 38.8 Å². The van der Waals surface area contributed by atoms with Crippen LogP contribution < -0.4 is 5.73 Å². The first-order valence-electron chi connectivity index (χ1n) is 4.90. The summed E-state index contributed by atoms with van der Waals surface area (Å²) in [5.41, 5.74) is 4.84. The van der Waals surface area contributed by atoms with Gasteiger partial charge in [-0.15, -0.1) is 0 Å². The second-order valence-corrected chi connectivity index (χ2v) is 4.55. The number of rotatable bonds is 5. The van der Waals surface area contributed by atoms with E-state index in [0.29, 0.717) is 0 Å². The second-order valence-electron chi connectivity index (χ2n) is 4.55. The van der Waals surface area contributed by atoms with E-state index in [1.165, 1.54) is 0 Å². The first-order chi connectivity index (χ1) is 6.80.